The Morgan fingerprint density at radius 1 is 1.33 bits per heavy atom. The zero-order chi connectivity index (χ0) is 14.1. The van der Waals surface area contributed by atoms with Gasteiger partial charge < -0.3 is 10.4 Å². The van der Waals surface area contributed by atoms with E-state index in [1.54, 1.807) is 5.32 Å². The fourth-order valence-electron chi connectivity index (χ4n) is 1.20. The number of anilines is 1. The molecule has 0 saturated carbocycles. The third-order valence-electron chi connectivity index (χ3n) is 2.05. The van der Waals surface area contributed by atoms with Gasteiger partial charge >= 0.3 is 18.1 Å². The van der Waals surface area contributed by atoms with Gasteiger partial charge in [-0.05, 0) is 40.5 Å². The summed E-state index contributed by atoms with van der Waals surface area (Å²) >= 11 is 2.90. The summed E-state index contributed by atoms with van der Waals surface area (Å²) in [6.07, 6.45) is -5.00. The second-order valence-corrected chi connectivity index (χ2v) is 4.26. The van der Waals surface area contributed by atoms with Crippen LogP contribution in [-0.2, 0) is 4.79 Å². The van der Waals surface area contributed by atoms with Gasteiger partial charge in [-0.1, -0.05) is 0 Å². The fourth-order valence-corrected chi connectivity index (χ4v) is 1.64. The number of hydrogen-bond donors (Lipinski definition) is 2. The van der Waals surface area contributed by atoms with E-state index in [0.29, 0.717) is 0 Å². The number of aryl methyl sites for hydroxylation is 1. The summed E-state index contributed by atoms with van der Waals surface area (Å²) in [6.45, 7) is 1.42. The SMILES string of the molecule is Cc1cc(NC(=O)C(F)(F)F)c(Br)cc1C(=O)O. The van der Waals surface area contributed by atoms with Crippen molar-refractivity contribution in [3.63, 3.8) is 0 Å². The molecule has 4 nitrogen and oxygen atoms in total. The monoisotopic (exact) mass is 325 g/mol. The number of benzene rings is 1. The van der Waals surface area contributed by atoms with Gasteiger partial charge in [0.2, 0.25) is 0 Å². The van der Waals surface area contributed by atoms with Crippen molar-refractivity contribution in [2.75, 3.05) is 5.32 Å². The van der Waals surface area contributed by atoms with Crippen molar-refractivity contribution in [3.05, 3.63) is 27.7 Å². The molecule has 2 N–H and O–H groups in total. The molecule has 0 heterocycles. The first-order chi connectivity index (χ1) is 8.12. The molecule has 0 atom stereocenters. The lowest BCUT2D eigenvalue weighted by atomic mass is 10.1. The Morgan fingerprint density at radius 3 is 2.33 bits per heavy atom. The Balaban J connectivity index is 3.10. The Labute approximate surface area is 108 Å². The molecule has 0 unspecified atom stereocenters. The number of carbonyl (C=O) groups is 2. The topological polar surface area (TPSA) is 66.4 Å². The highest BCUT2D eigenvalue weighted by molar-refractivity contribution is 9.10. The smallest absolute Gasteiger partial charge is 0.471 e. The molecular formula is C10H7BrF3NO3. The molecule has 0 saturated heterocycles. The lowest BCUT2D eigenvalue weighted by Gasteiger charge is -2.11. The van der Waals surface area contributed by atoms with Crippen LogP contribution in [0.5, 0.6) is 0 Å². The highest BCUT2D eigenvalue weighted by atomic mass is 79.9. The molecule has 18 heavy (non-hydrogen) atoms. The van der Waals surface area contributed by atoms with Gasteiger partial charge in [0.05, 0.1) is 11.3 Å². The predicted molar refractivity (Wildman–Crippen MR) is 60.5 cm³/mol. The predicted octanol–water partition coefficient (Wildman–Crippen LogP) is 2.96. The molecule has 1 rings (SSSR count). The maximum atomic E-state index is 12.1. The third-order valence-corrected chi connectivity index (χ3v) is 2.71. The summed E-state index contributed by atoms with van der Waals surface area (Å²) < 4.78 is 36.2. The van der Waals surface area contributed by atoms with E-state index in [2.05, 4.69) is 15.9 Å². The minimum atomic E-state index is -5.00. The maximum Gasteiger partial charge on any atom is 0.471 e. The van der Waals surface area contributed by atoms with Crippen molar-refractivity contribution in [2.45, 2.75) is 13.1 Å². The quantitative estimate of drug-likeness (QED) is 0.878. The second-order valence-electron chi connectivity index (χ2n) is 3.40. The first kappa shape index (κ1) is 14.5. The molecule has 0 aromatic heterocycles. The average Bonchev–Trinajstić information content (AvgIpc) is 2.21. The molecule has 0 aliphatic carbocycles. The maximum absolute atomic E-state index is 12.1. The van der Waals surface area contributed by atoms with E-state index < -0.39 is 18.1 Å². The van der Waals surface area contributed by atoms with E-state index in [4.69, 9.17) is 5.11 Å². The molecule has 1 amide bonds. The number of alkyl halides is 3. The van der Waals surface area contributed by atoms with E-state index >= 15 is 0 Å². The van der Waals surface area contributed by atoms with E-state index in [0.717, 1.165) is 12.1 Å². The van der Waals surface area contributed by atoms with Gasteiger partial charge in [-0.25, -0.2) is 4.79 Å². The van der Waals surface area contributed by atoms with E-state index in [1.807, 2.05) is 0 Å². The highest BCUT2D eigenvalue weighted by Crippen LogP contribution is 2.28. The van der Waals surface area contributed by atoms with Crippen LogP contribution in [0.25, 0.3) is 0 Å². The molecule has 0 fully saturated rings. The Hall–Kier alpha value is -1.57. The lowest BCUT2D eigenvalue weighted by Crippen LogP contribution is -2.30. The zero-order valence-corrected chi connectivity index (χ0v) is 10.5. The number of rotatable bonds is 2. The van der Waals surface area contributed by atoms with E-state index in [9.17, 15) is 22.8 Å². The first-order valence-electron chi connectivity index (χ1n) is 4.54. The minimum Gasteiger partial charge on any atom is -0.478 e. The van der Waals surface area contributed by atoms with Gasteiger partial charge in [0.15, 0.2) is 0 Å². The van der Waals surface area contributed by atoms with Crippen molar-refractivity contribution in [2.24, 2.45) is 0 Å². The lowest BCUT2D eigenvalue weighted by molar-refractivity contribution is -0.167. The van der Waals surface area contributed by atoms with Crippen LogP contribution >= 0.6 is 15.9 Å². The van der Waals surface area contributed by atoms with Gasteiger partial charge in [0.1, 0.15) is 0 Å². The molecule has 0 aliphatic rings. The normalized spacial score (nSPS) is 11.2. The van der Waals surface area contributed by atoms with Crippen LogP contribution in [0, 0.1) is 6.92 Å². The van der Waals surface area contributed by atoms with Crippen LogP contribution in [0.1, 0.15) is 15.9 Å². The van der Waals surface area contributed by atoms with E-state index in [-0.39, 0.29) is 21.3 Å². The molecule has 1 aromatic carbocycles. The van der Waals surface area contributed by atoms with Crippen LogP contribution in [0.2, 0.25) is 0 Å². The standard InChI is InChI=1S/C10H7BrF3NO3/c1-4-2-7(15-9(18)10(12,13)14)6(11)3-5(4)8(16)17/h2-3H,1H3,(H,15,18)(H,16,17). The number of carboxylic acids is 1. The zero-order valence-electron chi connectivity index (χ0n) is 8.93. The van der Waals surface area contributed by atoms with Gasteiger partial charge in [0.25, 0.3) is 0 Å². The van der Waals surface area contributed by atoms with Crippen LogP contribution < -0.4 is 5.32 Å². The molecule has 8 heteroatoms. The van der Waals surface area contributed by atoms with Gasteiger partial charge in [-0.2, -0.15) is 13.2 Å². The summed E-state index contributed by atoms with van der Waals surface area (Å²) in [6, 6.07) is 2.28. The van der Waals surface area contributed by atoms with Crippen LogP contribution in [-0.4, -0.2) is 23.2 Å². The molecule has 1 aromatic rings. The molecule has 98 valence electrons. The Kier molecular flexibility index (Phi) is 4.00. The Bertz CT molecular complexity index is 514. The van der Waals surface area contributed by atoms with Gasteiger partial charge in [-0.15, -0.1) is 0 Å². The Morgan fingerprint density at radius 2 is 1.89 bits per heavy atom. The number of amides is 1. The molecule has 0 bridgehead atoms. The summed E-state index contributed by atoms with van der Waals surface area (Å²) in [5, 5.41) is 10.5. The molecule has 0 radical (unpaired) electrons. The molecule has 0 spiro atoms. The summed E-state index contributed by atoms with van der Waals surface area (Å²) in [4.78, 5) is 21.5. The summed E-state index contributed by atoms with van der Waals surface area (Å²) in [5.41, 5.74) is 0.0369. The fraction of sp³-hybridized carbons (Fsp3) is 0.200. The number of aromatic carboxylic acids is 1. The van der Waals surface area contributed by atoms with Crippen molar-refractivity contribution in [1.29, 1.82) is 0 Å². The number of halogens is 4. The average molecular weight is 326 g/mol. The van der Waals surface area contributed by atoms with Crippen molar-refractivity contribution in [3.8, 4) is 0 Å². The second kappa shape index (κ2) is 4.97. The highest BCUT2D eigenvalue weighted by Gasteiger charge is 2.39. The number of nitrogens with one attached hydrogen (secondary N) is 1. The van der Waals surface area contributed by atoms with Crippen molar-refractivity contribution in [1.82, 2.24) is 0 Å². The van der Waals surface area contributed by atoms with Gasteiger partial charge in [0, 0.05) is 4.47 Å². The van der Waals surface area contributed by atoms with Crippen LogP contribution in [0.4, 0.5) is 18.9 Å². The number of hydrogen-bond acceptors (Lipinski definition) is 2. The third kappa shape index (κ3) is 3.22. The van der Waals surface area contributed by atoms with Crippen LogP contribution in [0.3, 0.4) is 0 Å². The van der Waals surface area contributed by atoms with E-state index in [1.165, 1.54) is 6.92 Å². The van der Waals surface area contributed by atoms with Gasteiger partial charge in [-0.3, -0.25) is 4.79 Å². The number of carboxylic acid groups (broad SMARTS) is 1. The van der Waals surface area contributed by atoms with Crippen molar-refractivity contribution < 1.29 is 27.9 Å². The molecular weight excluding hydrogens is 319 g/mol. The number of carbonyl (C=O) groups excluding carboxylic acids is 1. The summed E-state index contributed by atoms with van der Waals surface area (Å²) in [5.74, 6) is -3.33. The summed E-state index contributed by atoms with van der Waals surface area (Å²) in [7, 11) is 0. The first-order valence-corrected chi connectivity index (χ1v) is 5.34. The van der Waals surface area contributed by atoms with Crippen LogP contribution in [0.15, 0.2) is 16.6 Å². The van der Waals surface area contributed by atoms with Crippen molar-refractivity contribution >= 4 is 33.5 Å². The minimum absolute atomic E-state index is 0.0584. The largest absolute Gasteiger partial charge is 0.478 e. The molecule has 0 aliphatic heterocycles.